The maximum absolute atomic E-state index is 13.6. The summed E-state index contributed by atoms with van der Waals surface area (Å²) in [6.45, 7) is 5.31. The molecule has 0 aromatic heterocycles. The smallest absolute Gasteiger partial charge is 0.326 e. The number of benzene rings is 1. The van der Waals surface area contributed by atoms with Crippen molar-refractivity contribution in [1.29, 1.82) is 0 Å². The fourth-order valence-electron chi connectivity index (χ4n) is 2.07. The van der Waals surface area contributed by atoms with Gasteiger partial charge in [-0.05, 0) is 24.0 Å². The van der Waals surface area contributed by atoms with Crippen LogP contribution in [0.4, 0.5) is 4.39 Å². The van der Waals surface area contributed by atoms with Crippen LogP contribution in [0.2, 0.25) is 0 Å². The van der Waals surface area contributed by atoms with Crippen LogP contribution in [0.15, 0.2) is 24.3 Å². The Morgan fingerprint density at radius 3 is 2.43 bits per heavy atom. The molecule has 4 nitrogen and oxygen atoms in total. The van der Waals surface area contributed by atoms with Gasteiger partial charge in [0.25, 0.3) is 0 Å². The van der Waals surface area contributed by atoms with Crippen LogP contribution in [0.3, 0.4) is 0 Å². The molecule has 0 radical (unpaired) electrons. The third-order valence-electron chi connectivity index (χ3n) is 3.71. The average Bonchev–Trinajstić information content (AvgIpc) is 2.45. The Morgan fingerprint density at radius 1 is 1.29 bits per heavy atom. The number of hydrogen-bond donors (Lipinski definition) is 2. The number of carboxylic acid groups (broad SMARTS) is 1. The number of aliphatic carboxylic acids is 1. The maximum atomic E-state index is 13.6. The van der Waals surface area contributed by atoms with E-state index < -0.39 is 17.9 Å². The van der Waals surface area contributed by atoms with E-state index in [9.17, 15) is 14.0 Å². The van der Waals surface area contributed by atoms with E-state index >= 15 is 0 Å². The third-order valence-corrected chi connectivity index (χ3v) is 3.71. The highest BCUT2D eigenvalue weighted by molar-refractivity contribution is 5.85. The lowest BCUT2D eigenvalue weighted by Gasteiger charge is -2.22. The molecule has 1 amide bonds. The topological polar surface area (TPSA) is 66.4 Å². The van der Waals surface area contributed by atoms with E-state index in [4.69, 9.17) is 5.11 Å². The summed E-state index contributed by atoms with van der Waals surface area (Å²) in [5, 5.41) is 11.7. The van der Waals surface area contributed by atoms with E-state index in [-0.39, 0.29) is 24.1 Å². The summed E-state index contributed by atoms with van der Waals surface area (Å²) in [4.78, 5) is 23.3. The quantitative estimate of drug-likeness (QED) is 0.812. The lowest BCUT2D eigenvalue weighted by atomic mass is 9.96. The third kappa shape index (κ3) is 4.85. The van der Waals surface area contributed by atoms with Crippen molar-refractivity contribution in [2.45, 2.75) is 39.7 Å². The molecule has 0 aliphatic rings. The number of rotatable bonds is 7. The van der Waals surface area contributed by atoms with Crippen LogP contribution >= 0.6 is 0 Å². The lowest BCUT2D eigenvalue weighted by molar-refractivity contribution is -0.143. The molecule has 0 fully saturated rings. The molecule has 3 atom stereocenters. The first-order valence-electron chi connectivity index (χ1n) is 7.13. The Labute approximate surface area is 124 Å². The summed E-state index contributed by atoms with van der Waals surface area (Å²) in [5.74, 6) is -2.42. The second kappa shape index (κ2) is 7.76. The molecular formula is C16H22FNO3. The van der Waals surface area contributed by atoms with Crippen LogP contribution in [0, 0.1) is 17.7 Å². The number of carbonyl (C=O) groups excluding carboxylic acids is 1. The predicted molar refractivity (Wildman–Crippen MR) is 78.3 cm³/mol. The van der Waals surface area contributed by atoms with Crippen molar-refractivity contribution in [3.63, 3.8) is 0 Å². The van der Waals surface area contributed by atoms with Crippen molar-refractivity contribution in [3.05, 3.63) is 35.6 Å². The first kappa shape index (κ1) is 17.1. The summed E-state index contributed by atoms with van der Waals surface area (Å²) >= 11 is 0. The molecule has 1 rings (SSSR count). The first-order chi connectivity index (χ1) is 9.86. The van der Waals surface area contributed by atoms with E-state index in [1.807, 2.05) is 6.92 Å². The number of halogens is 1. The molecule has 0 bridgehead atoms. The largest absolute Gasteiger partial charge is 0.480 e. The van der Waals surface area contributed by atoms with Crippen molar-refractivity contribution in [2.24, 2.45) is 11.8 Å². The van der Waals surface area contributed by atoms with Gasteiger partial charge in [0.15, 0.2) is 0 Å². The monoisotopic (exact) mass is 295 g/mol. The highest BCUT2D eigenvalue weighted by Gasteiger charge is 2.27. The van der Waals surface area contributed by atoms with Crippen LogP contribution in [0.1, 0.15) is 32.8 Å². The predicted octanol–water partition coefficient (Wildman–Crippen LogP) is 2.62. The summed E-state index contributed by atoms with van der Waals surface area (Å²) in [5.41, 5.74) is 0.454. The number of hydrogen-bond acceptors (Lipinski definition) is 2. The van der Waals surface area contributed by atoms with Crippen LogP contribution in [0.5, 0.6) is 0 Å². The van der Waals surface area contributed by atoms with Gasteiger partial charge in [-0.15, -0.1) is 0 Å². The minimum Gasteiger partial charge on any atom is -0.480 e. The molecular weight excluding hydrogens is 273 g/mol. The number of carboxylic acids is 1. The molecule has 0 spiro atoms. The van der Waals surface area contributed by atoms with Crippen LogP contribution in [0.25, 0.3) is 0 Å². The lowest BCUT2D eigenvalue weighted by Crippen LogP contribution is -2.47. The van der Waals surface area contributed by atoms with Gasteiger partial charge >= 0.3 is 5.97 Å². The van der Waals surface area contributed by atoms with E-state index in [0.717, 1.165) is 0 Å². The van der Waals surface area contributed by atoms with E-state index in [1.54, 1.807) is 32.0 Å². The van der Waals surface area contributed by atoms with Gasteiger partial charge in [0.05, 0.1) is 0 Å². The molecule has 116 valence electrons. The van der Waals surface area contributed by atoms with Gasteiger partial charge in [-0.1, -0.05) is 45.4 Å². The molecule has 0 aliphatic heterocycles. The molecule has 0 saturated heterocycles. The van der Waals surface area contributed by atoms with Gasteiger partial charge < -0.3 is 10.4 Å². The van der Waals surface area contributed by atoms with Gasteiger partial charge in [0.2, 0.25) is 5.91 Å². The molecule has 1 aromatic rings. The van der Waals surface area contributed by atoms with Gasteiger partial charge in [-0.3, -0.25) is 4.79 Å². The normalized spacial score (nSPS) is 15.0. The fraction of sp³-hybridized carbons (Fsp3) is 0.500. The summed E-state index contributed by atoms with van der Waals surface area (Å²) in [7, 11) is 0. The Bertz CT molecular complexity index is 504. The Balaban J connectivity index is 2.70. The number of carbonyl (C=O) groups is 2. The van der Waals surface area contributed by atoms with E-state index in [0.29, 0.717) is 12.0 Å². The highest BCUT2D eigenvalue weighted by Crippen LogP contribution is 2.14. The van der Waals surface area contributed by atoms with Crippen molar-refractivity contribution in [3.8, 4) is 0 Å². The van der Waals surface area contributed by atoms with Gasteiger partial charge in [0, 0.05) is 5.92 Å². The fourth-order valence-corrected chi connectivity index (χ4v) is 2.07. The van der Waals surface area contributed by atoms with Gasteiger partial charge in [-0.25, -0.2) is 9.18 Å². The molecule has 2 N–H and O–H groups in total. The van der Waals surface area contributed by atoms with Crippen molar-refractivity contribution in [2.75, 3.05) is 0 Å². The molecule has 1 unspecified atom stereocenters. The standard InChI is InChI=1S/C16H22FNO3/c1-4-10(2)14(16(20)21)18-15(19)11(3)9-12-7-5-6-8-13(12)17/h5-8,10-11,14H,4,9H2,1-3H3,(H,18,19)(H,20,21)/t10-,11?,14-/m0/s1. The second-order valence-electron chi connectivity index (χ2n) is 5.41. The SMILES string of the molecule is CC[C@H](C)[C@H](NC(=O)C(C)Cc1ccccc1F)C(=O)O. The van der Waals surface area contributed by atoms with Gasteiger partial charge in [0.1, 0.15) is 11.9 Å². The molecule has 0 saturated carbocycles. The summed E-state index contributed by atoms with van der Waals surface area (Å²) in [6, 6.07) is 5.36. The molecule has 21 heavy (non-hydrogen) atoms. The summed E-state index contributed by atoms with van der Waals surface area (Å²) in [6.07, 6.45) is 0.893. The number of nitrogens with one attached hydrogen (secondary N) is 1. The minimum atomic E-state index is -1.05. The maximum Gasteiger partial charge on any atom is 0.326 e. The van der Waals surface area contributed by atoms with E-state index in [2.05, 4.69) is 5.32 Å². The zero-order valence-electron chi connectivity index (χ0n) is 12.6. The highest BCUT2D eigenvalue weighted by atomic mass is 19.1. The molecule has 5 heteroatoms. The molecule has 1 aromatic carbocycles. The van der Waals surface area contributed by atoms with Gasteiger partial charge in [-0.2, -0.15) is 0 Å². The Morgan fingerprint density at radius 2 is 1.90 bits per heavy atom. The van der Waals surface area contributed by atoms with Crippen molar-refractivity contribution >= 4 is 11.9 Å². The average molecular weight is 295 g/mol. The van der Waals surface area contributed by atoms with E-state index in [1.165, 1.54) is 6.07 Å². The Kier molecular flexibility index (Phi) is 6.34. The van der Waals surface area contributed by atoms with Crippen LogP contribution in [-0.2, 0) is 16.0 Å². The minimum absolute atomic E-state index is 0.160. The van der Waals surface area contributed by atoms with Crippen molar-refractivity contribution < 1.29 is 19.1 Å². The molecule has 0 heterocycles. The zero-order chi connectivity index (χ0) is 16.0. The summed E-state index contributed by atoms with van der Waals surface area (Å²) < 4.78 is 13.6. The second-order valence-corrected chi connectivity index (χ2v) is 5.41. The zero-order valence-corrected chi connectivity index (χ0v) is 12.6. The van der Waals surface area contributed by atoms with Crippen LogP contribution < -0.4 is 5.32 Å². The van der Waals surface area contributed by atoms with Crippen LogP contribution in [-0.4, -0.2) is 23.0 Å². The molecule has 0 aliphatic carbocycles. The first-order valence-corrected chi connectivity index (χ1v) is 7.13. The Hall–Kier alpha value is -1.91. The van der Waals surface area contributed by atoms with Crippen molar-refractivity contribution in [1.82, 2.24) is 5.32 Å². The number of amides is 1.